The lowest BCUT2D eigenvalue weighted by atomic mass is 9.92. The van der Waals surface area contributed by atoms with Gasteiger partial charge in [-0.1, -0.05) is 63.8 Å². The van der Waals surface area contributed by atoms with Gasteiger partial charge in [0.25, 0.3) is 0 Å². The standard InChI is InChI=1S/C15H23/c1-4-6-7-14(5-2)12-15-10-8-13(3)9-11-15/h8-11,14H,3-7,12H2,1-2H3. The van der Waals surface area contributed by atoms with Crippen LogP contribution in [0.1, 0.15) is 50.7 Å². The third-order valence-corrected chi connectivity index (χ3v) is 3.09. The molecular weight excluding hydrogens is 180 g/mol. The first kappa shape index (κ1) is 12.3. The van der Waals surface area contributed by atoms with Crippen molar-refractivity contribution in [2.24, 2.45) is 5.92 Å². The zero-order chi connectivity index (χ0) is 11.1. The van der Waals surface area contributed by atoms with Crippen LogP contribution in [0.5, 0.6) is 0 Å². The van der Waals surface area contributed by atoms with Gasteiger partial charge in [0.15, 0.2) is 0 Å². The maximum Gasteiger partial charge on any atom is -0.0238 e. The minimum Gasteiger partial charge on any atom is -0.0654 e. The molecule has 1 aromatic rings. The van der Waals surface area contributed by atoms with Crippen molar-refractivity contribution in [2.75, 3.05) is 0 Å². The summed E-state index contributed by atoms with van der Waals surface area (Å²) in [6.07, 6.45) is 6.59. The highest BCUT2D eigenvalue weighted by Gasteiger charge is 2.06. The highest BCUT2D eigenvalue weighted by atomic mass is 14.1. The molecular formula is C15H23. The van der Waals surface area contributed by atoms with Crippen LogP contribution < -0.4 is 0 Å². The molecule has 0 N–H and O–H groups in total. The monoisotopic (exact) mass is 203 g/mol. The van der Waals surface area contributed by atoms with Gasteiger partial charge in [0.1, 0.15) is 0 Å². The van der Waals surface area contributed by atoms with Gasteiger partial charge in [-0.25, -0.2) is 0 Å². The lowest BCUT2D eigenvalue weighted by Crippen LogP contribution is -2.03. The lowest BCUT2D eigenvalue weighted by Gasteiger charge is -2.14. The average Bonchev–Trinajstić information content (AvgIpc) is 2.27. The third-order valence-electron chi connectivity index (χ3n) is 3.09. The van der Waals surface area contributed by atoms with Crippen LogP contribution in [-0.2, 0) is 6.42 Å². The fraction of sp³-hybridized carbons (Fsp3) is 0.533. The van der Waals surface area contributed by atoms with Gasteiger partial charge in [0, 0.05) is 0 Å². The Morgan fingerprint density at radius 2 is 1.80 bits per heavy atom. The van der Waals surface area contributed by atoms with Crippen LogP contribution in [0.3, 0.4) is 0 Å². The fourth-order valence-corrected chi connectivity index (χ4v) is 1.95. The van der Waals surface area contributed by atoms with Gasteiger partial charge < -0.3 is 0 Å². The van der Waals surface area contributed by atoms with E-state index >= 15 is 0 Å². The Bertz CT molecular complexity index is 258. The number of rotatable bonds is 6. The van der Waals surface area contributed by atoms with Gasteiger partial charge in [-0.05, 0) is 30.4 Å². The molecule has 0 nitrogen and oxygen atoms in total. The molecule has 0 spiro atoms. The van der Waals surface area contributed by atoms with E-state index < -0.39 is 0 Å². The van der Waals surface area contributed by atoms with Gasteiger partial charge in [-0.15, -0.1) is 0 Å². The van der Waals surface area contributed by atoms with E-state index in [2.05, 4.69) is 45.0 Å². The molecule has 1 aromatic carbocycles. The molecule has 0 aliphatic rings. The van der Waals surface area contributed by atoms with Crippen molar-refractivity contribution < 1.29 is 0 Å². The highest BCUT2D eigenvalue weighted by molar-refractivity contribution is 5.24. The van der Waals surface area contributed by atoms with Crippen molar-refractivity contribution in [3.05, 3.63) is 42.3 Å². The van der Waals surface area contributed by atoms with Crippen LogP contribution in [0, 0.1) is 12.8 Å². The van der Waals surface area contributed by atoms with Crippen molar-refractivity contribution in [1.29, 1.82) is 0 Å². The zero-order valence-electron chi connectivity index (χ0n) is 10.1. The molecule has 0 aromatic heterocycles. The van der Waals surface area contributed by atoms with Crippen molar-refractivity contribution in [3.8, 4) is 0 Å². The molecule has 0 heterocycles. The Kier molecular flexibility index (Phi) is 5.45. The molecule has 15 heavy (non-hydrogen) atoms. The predicted octanol–water partition coefficient (Wildman–Crippen LogP) is 4.63. The van der Waals surface area contributed by atoms with Crippen LogP contribution in [0.15, 0.2) is 24.3 Å². The molecule has 0 heteroatoms. The molecule has 1 atom stereocenters. The van der Waals surface area contributed by atoms with Crippen molar-refractivity contribution in [3.63, 3.8) is 0 Å². The highest BCUT2D eigenvalue weighted by Crippen LogP contribution is 2.18. The molecule has 0 fully saturated rings. The minimum absolute atomic E-state index is 0.862. The van der Waals surface area contributed by atoms with E-state index in [-0.39, 0.29) is 0 Å². The quantitative estimate of drug-likeness (QED) is 0.632. The topological polar surface area (TPSA) is 0 Å². The first-order valence-electron chi connectivity index (χ1n) is 6.17. The van der Waals surface area contributed by atoms with Crippen molar-refractivity contribution in [2.45, 2.75) is 46.0 Å². The molecule has 0 aliphatic carbocycles. The summed E-state index contributed by atoms with van der Waals surface area (Å²) in [6, 6.07) is 8.66. The van der Waals surface area contributed by atoms with Crippen molar-refractivity contribution in [1.82, 2.24) is 0 Å². The van der Waals surface area contributed by atoms with Crippen molar-refractivity contribution >= 4 is 0 Å². The zero-order valence-corrected chi connectivity index (χ0v) is 10.1. The molecule has 0 saturated carbocycles. The first-order chi connectivity index (χ1) is 7.26. The maximum atomic E-state index is 3.91. The SMILES string of the molecule is [CH2]c1ccc(CC(CC)CCCC)cc1. The van der Waals surface area contributed by atoms with Gasteiger partial charge >= 0.3 is 0 Å². The smallest absolute Gasteiger partial charge is 0.0238 e. The Hall–Kier alpha value is -0.780. The summed E-state index contributed by atoms with van der Waals surface area (Å²) in [6.45, 7) is 8.48. The number of benzene rings is 1. The summed E-state index contributed by atoms with van der Waals surface area (Å²) >= 11 is 0. The molecule has 0 amide bonds. The van der Waals surface area contributed by atoms with Crippen LogP contribution in [-0.4, -0.2) is 0 Å². The second kappa shape index (κ2) is 6.66. The summed E-state index contributed by atoms with van der Waals surface area (Å²) in [5.74, 6) is 0.862. The predicted molar refractivity (Wildman–Crippen MR) is 67.9 cm³/mol. The summed E-state index contributed by atoms with van der Waals surface area (Å²) in [4.78, 5) is 0. The molecule has 0 saturated heterocycles. The van der Waals surface area contributed by atoms with E-state index in [1.165, 1.54) is 37.7 Å². The summed E-state index contributed by atoms with van der Waals surface area (Å²) in [5.41, 5.74) is 2.57. The van der Waals surface area contributed by atoms with Crippen LogP contribution >= 0.6 is 0 Å². The summed E-state index contributed by atoms with van der Waals surface area (Å²) in [5, 5.41) is 0. The Balaban J connectivity index is 2.47. The minimum atomic E-state index is 0.862. The molecule has 0 aliphatic heterocycles. The van der Waals surface area contributed by atoms with E-state index in [1.54, 1.807) is 0 Å². The first-order valence-corrected chi connectivity index (χ1v) is 6.17. The van der Waals surface area contributed by atoms with Gasteiger partial charge in [0.2, 0.25) is 0 Å². The van der Waals surface area contributed by atoms with E-state index in [9.17, 15) is 0 Å². The second-order valence-electron chi connectivity index (χ2n) is 4.44. The maximum absolute atomic E-state index is 3.91. The van der Waals surface area contributed by atoms with Gasteiger partial charge in [0.05, 0.1) is 0 Å². The lowest BCUT2D eigenvalue weighted by molar-refractivity contribution is 0.449. The largest absolute Gasteiger partial charge is 0.0654 e. The van der Waals surface area contributed by atoms with Crippen LogP contribution in [0.2, 0.25) is 0 Å². The molecule has 1 unspecified atom stereocenters. The number of hydrogen-bond donors (Lipinski definition) is 0. The molecule has 83 valence electrons. The summed E-state index contributed by atoms with van der Waals surface area (Å²) in [7, 11) is 0. The molecule has 1 rings (SSSR count). The van der Waals surface area contributed by atoms with Gasteiger partial charge in [-0.3, -0.25) is 0 Å². The molecule has 0 bridgehead atoms. The number of unbranched alkanes of at least 4 members (excludes halogenated alkanes) is 1. The third kappa shape index (κ3) is 4.51. The van der Waals surface area contributed by atoms with E-state index in [0.29, 0.717) is 0 Å². The normalized spacial score (nSPS) is 12.7. The van der Waals surface area contributed by atoms with E-state index in [4.69, 9.17) is 0 Å². The Morgan fingerprint density at radius 3 is 2.33 bits per heavy atom. The Morgan fingerprint density at radius 1 is 1.13 bits per heavy atom. The summed E-state index contributed by atoms with van der Waals surface area (Å²) < 4.78 is 0. The Labute approximate surface area is 94.7 Å². The van der Waals surface area contributed by atoms with Gasteiger partial charge in [-0.2, -0.15) is 0 Å². The van der Waals surface area contributed by atoms with E-state index in [0.717, 1.165) is 11.5 Å². The van der Waals surface area contributed by atoms with E-state index in [1.807, 2.05) is 0 Å². The van der Waals surface area contributed by atoms with Crippen LogP contribution in [0.4, 0.5) is 0 Å². The second-order valence-corrected chi connectivity index (χ2v) is 4.44. The average molecular weight is 203 g/mol. The van der Waals surface area contributed by atoms with Crippen LogP contribution in [0.25, 0.3) is 0 Å². The number of hydrogen-bond acceptors (Lipinski definition) is 0. The fourth-order valence-electron chi connectivity index (χ4n) is 1.95. The molecule has 1 radical (unpaired) electrons.